The van der Waals surface area contributed by atoms with Crippen LogP contribution in [0, 0.1) is 0 Å². The summed E-state index contributed by atoms with van der Waals surface area (Å²) in [5.74, 6) is 0.311. The smallest absolute Gasteiger partial charge is 0.119 e. The molecule has 0 fully saturated rings. The van der Waals surface area contributed by atoms with Gasteiger partial charge in [0.25, 0.3) is 0 Å². The van der Waals surface area contributed by atoms with Crippen LogP contribution in [-0.4, -0.2) is 20.4 Å². The second-order valence-corrected chi connectivity index (χ2v) is 10.3. The molecule has 0 bridgehead atoms. The molecule has 0 aromatic heterocycles. The number of hydrogen-bond acceptors (Lipinski definition) is 4. The van der Waals surface area contributed by atoms with Crippen molar-refractivity contribution in [2.75, 3.05) is 0 Å². The van der Waals surface area contributed by atoms with Crippen molar-refractivity contribution in [3.05, 3.63) is 57.6 Å². The summed E-state index contributed by atoms with van der Waals surface area (Å²) in [6.07, 6.45) is 1.74. The van der Waals surface area contributed by atoms with Gasteiger partial charge in [-0.1, -0.05) is 67.0 Å². The highest BCUT2D eigenvalue weighted by atomic mass is 16.3. The third-order valence-corrected chi connectivity index (χ3v) is 5.80. The first kappa shape index (κ1) is 24.2. The van der Waals surface area contributed by atoms with E-state index in [-0.39, 0.29) is 41.5 Å². The van der Waals surface area contributed by atoms with Gasteiger partial charge in [-0.05, 0) is 62.8 Å². The van der Waals surface area contributed by atoms with Crippen molar-refractivity contribution in [1.82, 2.24) is 0 Å². The van der Waals surface area contributed by atoms with Gasteiger partial charge in [-0.3, -0.25) is 0 Å². The fraction of sp³-hybridized carbons (Fsp3) is 0.538. The van der Waals surface area contributed by atoms with Gasteiger partial charge in [0.1, 0.15) is 11.5 Å². The van der Waals surface area contributed by atoms with E-state index in [1.165, 1.54) is 0 Å². The zero-order valence-electron chi connectivity index (χ0n) is 19.5. The minimum absolute atomic E-state index is 0.0669. The highest BCUT2D eigenvalue weighted by Gasteiger charge is 2.28. The Morgan fingerprint density at radius 3 is 1.33 bits per heavy atom. The molecule has 4 heteroatoms. The fourth-order valence-electron chi connectivity index (χ4n) is 4.19. The van der Waals surface area contributed by atoms with Gasteiger partial charge in [0, 0.05) is 5.92 Å². The van der Waals surface area contributed by atoms with Gasteiger partial charge >= 0.3 is 0 Å². The van der Waals surface area contributed by atoms with E-state index >= 15 is 0 Å². The first-order valence-electron chi connectivity index (χ1n) is 10.8. The van der Waals surface area contributed by atoms with E-state index in [1.54, 1.807) is 12.1 Å². The lowest BCUT2D eigenvalue weighted by Gasteiger charge is -2.29. The summed E-state index contributed by atoms with van der Waals surface area (Å²) in [5.41, 5.74) is 4.45. The second-order valence-electron chi connectivity index (χ2n) is 10.3. The van der Waals surface area contributed by atoms with Crippen LogP contribution < -0.4 is 0 Å². The number of benzene rings is 2. The van der Waals surface area contributed by atoms with Gasteiger partial charge in [-0.15, -0.1) is 0 Å². The summed E-state index contributed by atoms with van der Waals surface area (Å²) in [6.45, 7) is 14.1. The molecule has 2 aromatic rings. The molecule has 0 radical (unpaired) electrons. The van der Waals surface area contributed by atoms with Crippen LogP contribution in [0.25, 0.3) is 0 Å². The number of aromatic hydroxyl groups is 2. The van der Waals surface area contributed by atoms with E-state index in [0.717, 1.165) is 35.1 Å². The SMILES string of the molecule is CCCC(c1cc(C(C)(C)C)c(O)cc1CO)c1cc(C(C)(C)C)c(O)cc1CO. The lowest BCUT2D eigenvalue weighted by Crippen LogP contribution is -2.17. The van der Waals surface area contributed by atoms with Crippen LogP contribution in [0.5, 0.6) is 11.5 Å². The minimum atomic E-state index is -0.255. The van der Waals surface area contributed by atoms with E-state index < -0.39 is 0 Å². The number of hydrogen-bond donors (Lipinski definition) is 4. The Morgan fingerprint density at radius 1 is 0.700 bits per heavy atom. The van der Waals surface area contributed by atoms with Crippen molar-refractivity contribution in [1.29, 1.82) is 0 Å². The Hall–Kier alpha value is -2.04. The number of phenols is 2. The molecule has 2 aromatic carbocycles. The number of phenolic OH excluding ortho intramolecular Hbond substituents is 2. The fourth-order valence-corrected chi connectivity index (χ4v) is 4.19. The Labute approximate surface area is 181 Å². The van der Waals surface area contributed by atoms with E-state index in [9.17, 15) is 20.4 Å². The summed E-state index contributed by atoms with van der Waals surface area (Å²) < 4.78 is 0. The quantitative estimate of drug-likeness (QED) is 0.495. The number of rotatable bonds is 6. The standard InChI is InChI=1S/C26H38O4/c1-8-9-18(19-12-21(25(2,3)4)23(29)10-16(19)14-27)20-13-22(26(5,6)7)24(30)11-17(20)15-28/h10-13,18,27-30H,8-9,14-15H2,1-7H3. The third kappa shape index (κ3) is 4.98. The molecule has 0 aliphatic rings. The molecule has 166 valence electrons. The molecule has 0 heterocycles. The third-order valence-electron chi connectivity index (χ3n) is 5.80. The Morgan fingerprint density at radius 2 is 1.07 bits per heavy atom. The highest BCUT2D eigenvalue weighted by Crippen LogP contribution is 2.42. The topological polar surface area (TPSA) is 80.9 Å². The molecule has 4 N–H and O–H groups in total. The summed E-state index contributed by atoms with van der Waals surface area (Å²) in [4.78, 5) is 0. The molecule has 0 unspecified atom stereocenters. The molecule has 0 amide bonds. The Bertz CT molecular complexity index is 814. The van der Waals surface area contributed by atoms with Crippen LogP contribution in [0.3, 0.4) is 0 Å². The molecular formula is C26H38O4. The molecule has 2 rings (SSSR count). The van der Waals surface area contributed by atoms with Crippen molar-refractivity contribution in [3.63, 3.8) is 0 Å². The minimum Gasteiger partial charge on any atom is -0.508 e. The predicted molar refractivity (Wildman–Crippen MR) is 122 cm³/mol. The lowest BCUT2D eigenvalue weighted by atomic mass is 9.76. The number of aliphatic hydroxyl groups is 2. The molecular weight excluding hydrogens is 376 g/mol. The van der Waals surface area contributed by atoms with Crippen LogP contribution >= 0.6 is 0 Å². The van der Waals surface area contributed by atoms with E-state index in [2.05, 4.69) is 48.5 Å². The average Bonchev–Trinajstić information content (AvgIpc) is 2.64. The van der Waals surface area contributed by atoms with E-state index in [1.807, 2.05) is 12.1 Å². The van der Waals surface area contributed by atoms with Gasteiger partial charge in [0.15, 0.2) is 0 Å². The highest BCUT2D eigenvalue weighted by molar-refractivity contribution is 5.53. The van der Waals surface area contributed by atoms with Gasteiger partial charge in [0.05, 0.1) is 13.2 Å². The van der Waals surface area contributed by atoms with E-state index in [4.69, 9.17) is 0 Å². The van der Waals surface area contributed by atoms with Crippen molar-refractivity contribution in [2.45, 2.75) is 91.3 Å². The molecule has 0 spiro atoms. The summed E-state index contributed by atoms with van der Waals surface area (Å²) in [6, 6.07) is 7.35. The first-order chi connectivity index (χ1) is 13.8. The molecule has 0 saturated carbocycles. The number of aliphatic hydroxyl groups excluding tert-OH is 2. The Kier molecular flexibility index (Phi) is 7.26. The molecule has 30 heavy (non-hydrogen) atoms. The van der Waals surface area contributed by atoms with Gasteiger partial charge in [-0.2, -0.15) is 0 Å². The predicted octanol–water partition coefficient (Wildman–Crippen LogP) is 5.61. The molecule has 0 aliphatic heterocycles. The Balaban J connectivity index is 2.83. The second kappa shape index (κ2) is 8.99. The maximum atomic E-state index is 10.6. The van der Waals surface area contributed by atoms with Crippen molar-refractivity contribution >= 4 is 0 Å². The van der Waals surface area contributed by atoms with Crippen molar-refractivity contribution in [2.24, 2.45) is 0 Å². The zero-order valence-corrected chi connectivity index (χ0v) is 19.5. The summed E-state index contributed by atoms with van der Waals surface area (Å²) in [7, 11) is 0. The van der Waals surface area contributed by atoms with Gasteiger partial charge in [0.2, 0.25) is 0 Å². The van der Waals surface area contributed by atoms with Gasteiger partial charge in [-0.25, -0.2) is 0 Å². The maximum absolute atomic E-state index is 10.6. The molecule has 4 nitrogen and oxygen atoms in total. The molecule has 0 atom stereocenters. The molecule has 0 saturated heterocycles. The van der Waals surface area contributed by atoms with E-state index in [0.29, 0.717) is 11.1 Å². The van der Waals surface area contributed by atoms with Crippen LogP contribution in [0.2, 0.25) is 0 Å². The average molecular weight is 415 g/mol. The van der Waals surface area contributed by atoms with Crippen LogP contribution in [0.15, 0.2) is 24.3 Å². The lowest BCUT2D eigenvalue weighted by molar-refractivity contribution is 0.277. The van der Waals surface area contributed by atoms with Gasteiger partial charge < -0.3 is 20.4 Å². The monoisotopic (exact) mass is 414 g/mol. The van der Waals surface area contributed by atoms with Crippen LogP contribution in [-0.2, 0) is 24.0 Å². The normalized spacial score (nSPS) is 12.6. The maximum Gasteiger partial charge on any atom is 0.119 e. The first-order valence-corrected chi connectivity index (χ1v) is 10.8. The van der Waals surface area contributed by atoms with Crippen LogP contribution in [0.4, 0.5) is 0 Å². The largest absolute Gasteiger partial charge is 0.508 e. The summed E-state index contributed by atoms with van der Waals surface area (Å²) in [5, 5.41) is 41.2. The summed E-state index contributed by atoms with van der Waals surface area (Å²) >= 11 is 0. The van der Waals surface area contributed by atoms with Crippen LogP contribution in [0.1, 0.15) is 101 Å². The zero-order chi connectivity index (χ0) is 22.9. The molecule has 0 aliphatic carbocycles. The van der Waals surface area contributed by atoms with Crippen molar-refractivity contribution in [3.8, 4) is 11.5 Å². The van der Waals surface area contributed by atoms with Crippen molar-refractivity contribution < 1.29 is 20.4 Å².